The Bertz CT molecular complexity index is 370. The second-order valence-corrected chi connectivity index (χ2v) is 4.65. The fourth-order valence-electron chi connectivity index (χ4n) is 2.40. The normalized spacial score (nSPS) is 17.0. The SMILES string of the molecule is COC(=O)c1cn(CCC2CCCCC2)nn1. The highest BCUT2D eigenvalue weighted by atomic mass is 16.5. The molecule has 0 N–H and O–H groups in total. The average molecular weight is 237 g/mol. The summed E-state index contributed by atoms with van der Waals surface area (Å²) in [6, 6.07) is 0. The fraction of sp³-hybridized carbons (Fsp3) is 0.750. The molecule has 1 aromatic heterocycles. The molecule has 1 saturated carbocycles. The highest BCUT2D eigenvalue weighted by Crippen LogP contribution is 2.26. The van der Waals surface area contributed by atoms with Crippen molar-refractivity contribution in [2.75, 3.05) is 7.11 Å². The van der Waals surface area contributed by atoms with Crippen LogP contribution in [0.15, 0.2) is 6.20 Å². The van der Waals surface area contributed by atoms with E-state index in [1.54, 1.807) is 10.9 Å². The van der Waals surface area contributed by atoms with Crippen LogP contribution >= 0.6 is 0 Å². The van der Waals surface area contributed by atoms with Gasteiger partial charge in [0, 0.05) is 6.54 Å². The molecule has 0 aromatic carbocycles. The lowest BCUT2D eigenvalue weighted by Crippen LogP contribution is -2.10. The van der Waals surface area contributed by atoms with E-state index >= 15 is 0 Å². The zero-order valence-corrected chi connectivity index (χ0v) is 10.3. The molecule has 1 aliphatic carbocycles. The summed E-state index contributed by atoms with van der Waals surface area (Å²) in [5, 5.41) is 7.72. The van der Waals surface area contributed by atoms with E-state index in [4.69, 9.17) is 0 Å². The van der Waals surface area contributed by atoms with Crippen LogP contribution in [0.1, 0.15) is 49.0 Å². The summed E-state index contributed by atoms with van der Waals surface area (Å²) in [4.78, 5) is 11.2. The van der Waals surface area contributed by atoms with Crippen LogP contribution in [0, 0.1) is 5.92 Å². The van der Waals surface area contributed by atoms with E-state index in [0.29, 0.717) is 0 Å². The maximum Gasteiger partial charge on any atom is 0.360 e. The monoisotopic (exact) mass is 237 g/mol. The third-order valence-electron chi connectivity index (χ3n) is 3.42. The Hall–Kier alpha value is -1.39. The minimum Gasteiger partial charge on any atom is -0.464 e. The van der Waals surface area contributed by atoms with Gasteiger partial charge in [-0.15, -0.1) is 5.10 Å². The van der Waals surface area contributed by atoms with Crippen LogP contribution in [-0.2, 0) is 11.3 Å². The summed E-state index contributed by atoms with van der Waals surface area (Å²) in [6.45, 7) is 0.842. The molecular weight excluding hydrogens is 218 g/mol. The van der Waals surface area contributed by atoms with Crippen molar-refractivity contribution in [2.24, 2.45) is 5.92 Å². The molecule has 0 atom stereocenters. The Morgan fingerprint density at radius 3 is 2.94 bits per heavy atom. The van der Waals surface area contributed by atoms with Gasteiger partial charge in [0.2, 0.25) is 0 Å². The van der Waals surface area contributed by atoms with Gasteiger partial charge in [-0.3, -0.25) is 4.68 Å². The van der Waals surface area contributed by atoms with Crippen molar-refractivity contribution in [3.63, 3.8) is 0 Å². The molecule has 94 valence electrons. The molecule has 0 radical (unpaired) electrons. The van der Waals surface area contributed by atoms with E-state index in [1.807, 2.05) is 0 Å². The van der Waals surface area contributed by atoms with Gasteiger partial charge in [-0.2, -0.15) is 0 Å². The predicted molar refractivity (Wildman–Crippen MR) is 62.6 cm³/mol. The quantitative estimate of drug-likeness (QED) is 0.752. The minimum atomic E-state index is -0.422. The number of nitrogens with zero attached hydrogens (tertiary/aromatic N) is 3. The molecule has 5 heteroatoms. The van der Waals surface area contributed by atoms with Crippen molar-refractivity contribution in [3.05, 3.63) is 11.9 Å². The van der Waals surface area contributed by atoms with Crippen LogP contribution in [0.2, 0.25) is 0 Å². The molecule has 0 saturated heterocycles. The summed E-state index contributed by atoms with van der Waals surface area (Å²) in [7, 11) is 1.35. The number of aromatic nitrogens is 3. The van der Waals surface area contributed by atoms with E-state index in [2.05, 4.69) is 15.0 Å². The molecule has 0 unspecified atom stereocenters. The predicted octanol–water partition coefficient (Wildman–Crippen LogP) is 2.04. The van der Waals surface area contributed by atoms with E-state index in [1.165, 1.54) is 39.2 Å². The summed E-state index contributed by atoms with van der Waals surface area (Å²) in [6.07, 6.45) is 9.55. The minimum absolute atomic E-state index is 0.288. The number of ether oxygens (including phenoxy) is 1. The maximum atomic E-state index is 11.2. The summed E-state index contributed by atoms with van der Waals surface area (Å²) < 4.78 is 6.33. The third-order valence-corrected chi connectivity index (χ3v) is 3.42. The molecule has 1 heterocycles. The summed E-state index contributed by atoms with van der Waals surface area (Å²) in [5.41, 5.74) is 0.288. The standard InChI is InChI=1S/C12H19N3O2/c1-17-12(16)11-9-15(14-13-11)8-7-10-5-3-2-4-6-10/h9-10H,2-8H2,1H3. The van der Waals surface area contributed by atoms with Crippen molar-refractivity contribution in [2.45, 2.75) is 45.1 Å². The van der Waals surface area contributed by atoms with Gasteiger partial charge in [-0.25, -0.2) is 4.79 Å². The highest BCUT2D eigenvalue weighted by molar-refractivity contribution is 5.86. The smallest absolute Gasteiger partial charge is 0.360 e. The van der Waals surface area contributed by atoms with Crippen molar-refractivity contribution in [1.29, 1.82) is 0 Å². The number of hydrogen-bond acceptors (Lipinski definition) is 4. The molecule has 1 aromatic rings. The van der Waals surface area contributed by atoms with Crippen LogP contribution in [0.3, 0.4) is 0 Å². The van der Waals surface area contributed by atoms with Gasteiger partial charge in [0.1, 0.15) is 0 Å². The van der Waals surface area contributed by atoms with Crippen LogP contribution in [-0.4, -0.2) is 28.1 Å². The summed E-state index contributed by atoms with van der Waals surface area (Å²) in [5.74, 6) is 0.392. The van der Waals surface area contributed by atoms with Gasteiger partial charge in [0.25, 0.3) is 0 Å². The van der Waals surface area contributed by atoms with Gasteiger partial charge in [-0.05, 0) is 12.3 Å². The van der Waals surface area contributed by atoms with Crippen molar-refractivity contribution >= 4 is 5.97 Å². The number of methoxy groups -OCH3 is 1. The Morgan fingerprint density at radius 2 is 2.24 bits per heavy atom. The first-order chi connectivity index (χ1) is 8.29. The second kappa shape index (κ2) is 5.80. The first-order valence-electron chi connectivity index (χ1n) is 6.28. The van der Waals surface area contributed by atoms with E-state index in [0.717, 1.165) is 18.9 Å². The number of rotatable bonds is 4. The summed E-state index contributed by atoms with van der Waals surface area (Å²) >= 11 is 0. The van der Waals surface area contributed by atoms with E-state index in [-0.39, 0.29) is 5.69 Å². The van der Waals surface area contributed by atoms with Gasteiger partial charge in [-0.1, -0.05) is 37.3 Å². The van der Waals surface area contributed by atoms with Gasteiger partial charge >= 0.3 is 5.97 Å². The van der Waals surface area contributed by atoms with Crippen molar-refractivity contribution in [3.8, 4) is 0 Å². The van der Waals surface area contributed by atoms with Gasteiger partial charge in [0.05, 0.1) is 13.3 Å². The first-order valence-corrected chi connectivity index (χ1v) is 6.28. The average Bonchev–Trinajstić information content (AvgIpc) is 2.85. The molecule has 2 rings (SSSR count). The molecule has 1 fully saturated rings. The van der Waals surface area contributed by atoms with Crippen LogP contribution in [0.25, 0.3) is 0 Å². The highest BCUT2D eigenvalue weighted by Gasteiger charge is 2.14. The number of carbonyl (C=O) groups excluding carboxylic acids is 1. The third kappa shape index (κ3) is 3.28. The molecule has 0 aliphatic heterocycles. The first kappa shape index (κ1) is 12.1. The largest absolute Gasteiger partial charge is 0.464 e. The van der Waals surface area contributed by atoms with Gasteiger partial charge < -0.3 is 4.74 Å². The fourth-order valence-corrected chi connectivity index (χ4v) is 2.40. The Labute approximate surface area is 101 Å². The second-order valence-electron chi connectivity index (χ2n) is 4.65. The van der Waals surface area contributed by atoms with E-state index in [9.17, 15) is 4.79 Å². The Kier molecular flexibility index (Phi) is 4.12. The van der Waals surface area contributed by atoms with Gasteiger partial charge in [0.15, 0.2) is 5.69 Å². The molecule has 5 nitrogen and oxygen atoms in total. The Morgan fingerprint density at radius 1 is 1.47 bits per heavy atom. The molecule has 0 bridgehead atoms. The zero-order valence-electron chi connectivity index (χ0n) is 10.3. The number of aryl methyl sites for hydroxylation is 1. The molecule has 17 heavy (non-hydrogen) atoms. The lowest BCUT2D eigenvalue weighted by molar-refractivity contribution is 0.0594. The van der Waals surface area contributed by atoms with Crippen LogP contribution < -0.4 is 0 Å². The maximum absolute atomic E-state index is 11.2. The molecule has 0 spiro atoms. The number of hydrogen-bond donors (Lipinski definition) is 0. The molecule has 0 amide bonds. The van der Waals surface area contributed by atoms with Crippen molar-refractivity contribution in [1.82, 2.24) is 15.0 Å². The topological polar surface area (TPSA) is 57.0 Å². The number of esters is 1. The number of carbonyl (C=O) groups is 1. The Balaban J connectivity index is 1.82. The van der Waals surface area contributed by atoms with Crippen molar-refractivity contribution < 1.29 is 9.53 Å². The lowest BCUT2D eigenvalue weighted by atomic mass is 9.87. The van der Waals surface area contributed by atoms with Crippen LogP contribution in [0.5, 0.6) is 0 Å². The molecular formula is C12H19N3O2. The van der Waals surface area contributed by atoms with Crippen LogP contribution in [0.4, 0.5) is 0 Å². The molecule has 1 aliphatic rings. The lowest BCUT2D eigenvalue weighted by Gasteiger charge is -2.20. The zero-order chi connectivity index (χ0) is 12.1. The van der Waals surface area contributed by atoms with E-state index < -0.39 is 5.97 Å².